The molecule has 0 bridgehead atoms. The van der Waals surface area contributed by atoms with Crippen molar-refractivity contribution in [3.8, 4) is 0 Å². The van der Waals surface area contributed by atoms with Crippen molar-refractivity contribution in [1.29, 1.82) is 0 Å². The van der Waals surface area contributed by atoms with E-state index in [1.165, 1.54) is 6.26 Å². The Balaban J connectivity index is 1.80. The van der Waals surface area contributed by atoms with Gasteiger partial charge in [0, 0.05) is 25.6 Å². The fraction of sp³-hybridized carbons (Fsp3) is 0.375. The number of rotatable bonds is 4. The summed E-state index contributed by atoms with van der Waals surface area (Å²) < 4.78 is 10.6. The van der Waals surface area contributed by atoms with Gasteiger partial charge in [-0.15, -0.1) is 0 Å². The number of carbonyl (C=O) groups is 1. The number of aromatic nitrogens is 1. The van der Waals surface area contributed by atoms with Gasteiger partial charge in [-0.3, -0.25) is 9.78 Å². The van der Waals surface area contributed by atoms with Gasteiger partial charge in [-0.05, 0) is 42.5 Å². The van der Waals surface area contributed by atoms with Crippen LogP contribution in [0.15, 0.2) is 47.3 Å². The maximum Gasteiger partial charge on any atom is 0.287 e. The molecule has 21 heavy (non-hydrogen) atoms. The van der Waals surface area contributed by atoms with E-state index in [1.54, 1.807) is 18.3 Å². The van der Waals surface area contributed by atoms with E-state index in [1.807, 2.05) is 18.3 Å². The Kier molecular flexibility index (Phi) is 4.31. The first-order valence-electron chi connectivity index (χ1n) is 7.16. The van der Waals surface area contributed by atoms with Gasteiger partial charge in [-0.25, -0.2) is 0 Å². The van der Waals surface area contributed by atoms with Crippen LogP contribution in [-0.4, -0.2) is 24.1 Å². The summed E-state index contributed by atoms with van der Waals surface area (Å²) in [5.41, 5.74) is 1.02. The molecule has 0 saturated carbocycles. The average Bonchev–Trinajstić information content (AvgIpc) is 3.09. The number of nitrogens with one attached hydrogen (secondary N) is 1. The first-order chi connectivity index (χ1) is 10.3. The molecule has 0 unspecified atom stereocenters. The summed E-state index contributed by atoms with van der Waals surface area (Å²) in [5.74, 6) is 0.484. The minimum Gasteiger partial charge on any atom is -0.459 e. The van der Waals surface area contributed by atoms with Crippen LogP contribution in [0.4, 0.5) is 0 Å². The lowest BCUT2D eigenvalue weighted by molar-refractivity contribution is 0.0509. The second-order valence-electron chi connectivity index (χ2n) is 5.16. The summed E-state index contributed by atoms with van der Waals surface area (Å²) in [6.07, 6.45) is 6.90. The second-order valence-corrected chi connectivity index (χ2v) is 5.16. The molecule has 2 aromatic rings. The predicted molar refractivity (Wildman–Crippen MR) is 76.7 cm³/mol. The molecule has 2 aromatic heterocycles. The highest BCUT2D eigenvalue weighted by Gasteiger charge is 2.28. The SMILES string of the molecule is O=C(N[C@H](c1cccnc1)C1CCOCC1)c1ccco1. The molecule has 1 saturated heterocycles. The Bertz CT molecular complexity index is 562. The van der Waals surface area contributed by atoms with Crippen LogP contribution in [-0.2, 0) is 4.74 Å². The fourth-order valence-electron chi connectivity index (χ4n) is 2.70. The fourth-order valence-corrected chi connectivity index (χ4v) is 2.70. The quantitative estimate of drug-likeness (QED) is 0.938. The van der Waals surface area contributed by atoms with Gasteiger partial charge in [0.2, 0.25) is 0 Å². The van der Waals surface area contributed by atoms with E-state index in [4.69, 9.17) is 9.15 Å². The maximum atomic E-state index is 12.3. The van der Waals surface area contributed by atoms with Crippen molar-refractivity contribution in [3.63, 3.8) is 0 Å². The van der Waals surface area contributed by atoms with Gasteiger partial charge >= 0.3 is 0 Å². The standard InChI is InChI=1S/C16H18N2O3/c19-16(14-4-2-8-21-14)18-15(12-5-9-20-10-6-12)13-3-1-7-17-11-13/h1-4,7-8,11-12,15H,5-6,9-10H2,(H,18,19)/t15-/m0/s1. The first kappa shape index (κ1) is 13.8. The molecule has 1 aliphatic heterocycles. The lowest BCUT2D eigenvalue weighted by Gasteiger charge is -2.30. The van der Waals surface area contributed by atoms with Crippen LogP contribution in [0.3, 0.4) is 0 Å². The Morgan fingerprint density at radius 1 is 1.29 bits per heavy atom. The number of pyridine rings is 1. The summed E-state index contributed by atoms with van der Waals surface area (Å²) in [6.45, 7) is 1.47. The normalized spacial score (nSPS) is 17.3. The predicted octanol–water partition coefficient (Wildman–Crippen LogP) is 2.57. The Labute approximate surface area is 123 Å². The van der Waals surface area contributed by atoms with E-state index in [0.29, 0.717) is 11.7 Å². The smallest absolute Gasteiger partial charge is 0.287 e. The minimum atomic E-state index is -0.194. The van der Waals surface area contributed by atoms with Gasteiger partial charge in [0.15, 0.2) is 5.76 Å². The number of hydrogen-bond acceptors (Lipinski definition) is 4. The number of hydrogen-bond donors (Lipinski definition) is 1. The van der Waals surface area contributed by atoms with Crippen molar-refractivity contribution in [2.24, 2.45) is 5.92 Å². The van der Waals surface area contributed by atoms with E-state index in [-0.39, 0.29) is 11.9 Å². The van der Waals surface area contributed by atoms with Crippen LogP contribution in [0.1, 0.15) is 35.0 Å². The van der Waals surface area contributed by atoms with Crippen LogP contribution >= 0.6 is 0 Å². The van der Waals surface area contributed by atoms with Crippen molar-refractivity contribution in [2.45, 2.75) is 18.9 Å². The van der Waals surface area contributed by atoms with Gasteiger partial charge < -0.3 is 14.5 Å². The molecule has 1 N–H and O–H groups in total. The van der Waals surface area contributed by atoms with Crippen LogP contribution < -0.4 is 5.32 Å². The number of amides is 1. The molecule has 1 atom stereocenters. The second kappa shape index (κ2) is 6.54. The monoisotopic (exact) mass is 286 g/mol. The molecule has 1 fully saturated rings. The number of nitrogens with zero attached hydrogens (tertiary/aromatic N) is 1. The summed E-state index contributed by atoms with van der Waals surface area (Å²) in [5, 5.41) is 3.08. The number of ether oxygens (including phenoxy) is 1. The first-order valence-corrected chi connectivity index (χ1v) is 7.16. The minimum absolute atomic E-state index is 0.0693. The van der Waals surface area contributed by atoms with E-state index in [2.05, 4.69) is 10.3 Å². The van der Waals surface area contributed by atoms with Gasteiger partial charge in [0.25, 0.3) is 5.91 Å². The molecular weight excluding hydrogens is 268 g/mol. The molecular formula is C16H18N2O3. The molecule has 1 aliphatic rings. The lowest BCUT2D eigenvalue weighted by atomic mass is 9.87. The Morgan fingerprint density at radius 2 is 2.14 bits per heavy atom. The van der Waals surface area contributed by atoms with E-state index in [9.17, 15) is 4.79 Å². The van der Waals surface area contributed by atoms with Crippen LogP contribution in [0.5, 0.6) is 0 Å². The zero-order chi connectivity index (χ0) is 14.5. The molecule has 5 nitrogen and oxygen atoms in total. The van der Waals surface area contributed by atoms with Crippen LogP contribution in [0, 0.1) is 5.92 Å². The van der Waals surface area contributed by atoms with Crippen molar-refractivity contribution in [2.75, 3.05) is 13.2 Å². The summed E-state index contributed by atoms with van der Waals surface area (Å²) >= 11 is 0. The van der Waals surface area contributed by atoms with Crippen LogP contribution in [0.25, 0.3) is 0 Å². The Hall–Kier alpha value is -2.14. The third kappa shape index (κ3) is 3.31. The number of carbonyl (C=O) groups excluding carboxylic acids is 1. The maximum absolute atomic E-state index is 12.3. The van der Waals surface area contributed by atoms with Crippen molar-refractivity contribution in [3.05, 3.63) is 54.2 Å². The van der Waals surface area contributed by atoms with Crippen molar-refractivity contribution >= 4 is 5.91 Å². The lowest BCUT2D eigenvalue weighted by Crippen LogP contribution is -2.36. The third-order valence-corrected chi connectivity index (χ3v) is 3.81. The van der Waals surface area contributed by atoms with E-state index >= 15 is 0 Å². The molecule has 0 radical (unpaired) electrons. The van der Waals surface area contributed by atoms with E-state index < -0.39 is 0 Å². The summed E-state index contributed by atoms with van der Waals surface area (Å²) in [7, 11) is 0. The van der Waals surface area contributed by atoms with Gasteiger partial charge in [-0.1, -0.05) is 6.07 Å². The summed E-state index contributed by atoms with van der Waals surface area (Å²) in [4.78, 5) is 16.4. The number of furan rings is 1. The highest BCUT2D eigenvalue weighted by Crippen LogP contribution is 2.30. The molecule has 3 heterocycles. The largest absolute Gasteiger partial charge is 0.459 e. The molecule has 1 amide bonds. The highest BCUT2D eigenvalue weighted by atomic mass is 16.5. The topological polar surface area (TPSA) is 64.4 Å². The molecule has 0 spiro atoms. The van der Waals surface area contributed by atoms with Gasteiger partial charge in [-0.2, -0.15) is 0 Å². The highest BCUT2D eigenvalue weighted by molar-refractivity contribution is 5.91. The summed E-state index contributed by atoms with van der Waals surface area (Å²) in [6, 6.07) is 7.19. The molecule has 110 valence electrons. The van der Waals surface area contributed by atoms with Crippen LogP contribution in [0.2, 0.25) is 0 Å². The van der Waals surface area contributed by atoms with Crippen molar-refractivity contribution < 1.29 is 13.9 Å². The zero-order valence-corrected chi connectivity index (χ0v) is 11.7. The molecule has 0 aliphatic carbocycles. The molecule has 0 aromatic carbocycles. The Morgan fingerprint density at radius 3 is 2.81 bits per heavy atom. The zero-order valence-electron chi connectivity index (χ0n) is 11.7. The van der Waals surface area contributed by atoms with Gasteiger partial charge in [0.05, 0.1) is 12.3 Å². The third-order valence-electron chi connectivity index (χ3n) is 3.81. The van der Waals surface area contributed by atoms with Gasteiger partial charge in [0.1, 0.15) is 0 Å². The van der Waals surface area contributed by atoms with Crippen molar-refractivity contribution in [1.82, 2.24) is 10.3 Å². The molecule has 5 heteroatoms. The molecule has 3 rings (SSSR count). The average molecular weight is 286 g/mol. The van der Waals surface area contributed by atoms with E-state index in [0.717, 1.165) is 31.6 Å².